The van der Waals surface area contributed by atoms with E-state index in [1.807, 2.05) is 24.3 Å². The van der Waals surface area contributed by atoms with Gasteiger partial charge in [-0.3, -0.25) is 0 Å². The molecular formula is C15H22FN. The molecule has 2 rings (SSSR count). The van der Waals surface area contributed by atoms with E-state index >= 15 is 0 Å². The second kappa shape index (κ2) is 6.15. The smallest absolute Gasteiger partial charge is 0.128 e. The first-order valence-corrected chi connectivity index (χ1v) is 6.74. The third-order valence-corrected chi connectivity index (χ3v) is 3.79. The summed E-state index contributed by atoms with van der Waals surface area (Å²) in [5, 5.41) is 0. The van der Waals surface area contributed by atoms with Crippen molar-refractivity contribution in [1.82, 2.24) is 0 Å². The highest BCUT2D eigenvalue weighted by atomic mass is 19.1. The van der Waals surface area contributed by atoms with Crippen LogP contribution in [0.1, 0.15) is 49.4 Å². The number of nitrogens with two attached hydrogens (primary N) is 1. The molecule has 1 fully saturated rings. The molecule has 0 spiro atoms. The summed E-state index contributed by atoms with van der Waals surface area (Å²) in [7, 11) is 0. The summed E-state index contributed by atoms with van der Waals surface area (Å²) in [5.74, 6) is 0.240. The standard InChI is InChI=1S/C15H22FN/c16-15(13-4-2-1-3-5-13)14-8-6-12(7-9-14)10-11-17/h6-9,13,15H,1-5,10-11,17H2. The molecule has 1 aromatic carbocycles. The van der Waals surface area contributed by atoms with Crippen LogP contribution in [-0.2, 0) is 6.42 Å². The van der Waals surface area contributed by atoms with Gasteiger partial charge in [-0.1, -0.05) is 43.5 Å². The maximum Gasteiger partial charge on any atom is 0.128 e. The fraction of sp³-hybridized carbons (Fsp3) is 0.600. The predicted octanol–water partition coefficient (Wildman–Crippen LogP) is 3.78. The minimum absolute atomic E-state index is 0.240. The van der Waals surface area contributed by atoms with Crippen LogP contribution in [0.4, 0.5) is 4.39 Å². The molecule has 0 radical (unpaired) electrons. The lowest BCUT2D eigenvalue weighted by atomic mass is 9.83. The third-order valence-electron chi connectivity index (χ3n) is 3.79. The summed E-state index contributed by atoms with van der Waals surface area (Å²) >= 11 is 0. The minimum atomic E-state index is -0.776. The molecular weight excluding hydrogens is 213 g/mol. The monoisotopic (exact) mass is 235 g/mol. The highest BCUT2D eigenvalue weighted by molar-refractivity contribution is 5.25. The molecule has 94 valence electrons. The van der Waals surface area contributed by atoms with Crippen molar-refractivity contribution >= 4 is 0 Å². The zero-order valence-corrected chi connectivity index (χ0v) is 10.4. The Balaban J connectivity index is 2.00. The molecule has 1 saturated carbocycles. The molecule has 0 saturated heterocycles. The van der Waals surface area contributed by atoms with Gasteiger partial charge >= 0.3 is 0 Å². The van der Waals surface area contributed by atoms with E-state index in [-0.39, 0.29) is 5.92 Å². The van der Waals surface area contributed by atoms with E-state index in [1.54, 1.807) is 0 Å². The first-order chi connectivity index (χ1) is 8.31. The van der Waals surface area contributed by atoms with Crippen LogP contribution in [0, 0.1) is 5.92 Å². The molecule has 2 N–H and O–H groups in total. The summed E-state index contributed by atoms with van der Waals surface area (Å²) in [5.41, 5.74) is 7.55. The van der Waals surface area contributed by atoms with Crippen LogP contribution < -0.4 is 5.73 Å². The van der Waals surface area contributed by atoms with Crippen LogP contribution in [0.2, 0.25) is 0 Å². The Hall–Kier alpha value is -0.890. The van der Waals surface area contributed by atoms with E-state index in [4.69, 9.17) is 5.73 Å². The average molecular weight is 235 g/mol. The van der Waals surface area contributed by atoms with Crippen LogP contribution in [0.25, 0.3) is 0 Å². The molecule has 0 aliphatic heterocycles. The van der Waals surface area contributed by atoms with Crippen LogP contribution in [0.15, 0.2) is 24.3 Å². The zero-order valence-electron chi connectivity index (χ0n) is 10.4. The summed E-state index contributed by atoms with van der Waals surface area (Å²) in [6.45, 7) is 0.654. The largest absolute Gasteiger partial charge is 0.330 e. The van der Waals surface area contributed by atoms with E-state index in [2.05, 4.69) is 0 Å². The fourth-order valence-corrected chi connectivity index (χ4v) is 2.73. The van der Waals surface area contributed by atoms with Crippen molar-refractivity contribution in [3.8, 4) is 0 Å². The minimum Gasteiger partial charge on any atom is -0.330 e. The maximum atomic E-state index is 14.3. The van der Waals surface area contributed by atoms with Crippen molar-refractivity contribution in [2.24, 2.45) is 11.7 Å². The Morgan fingerprint density at radius 3 is 2.35 bits per heavy atom. The normalized spacial score (nSPS) is 19.2. The van der Waals surface area contributed by atoms with Crippen molar-refractivity contribution in [3.05, 3.63) is 35.4 Å². The molecule has 1 aromatic rings. The van der Waals surface area contributed by atoms with Gasteiger partial charge < -0.3 is 5.73 Å². The van der Waals surface area contributed by atoms with Crippen LogP contribution in [0.3, 0.4) is 0 Å². The molecule has 0 amide bonds. The number of alkyl halides is 1. The van der Waals surface area contributed by atoms with Crippen molar-refractivity contribution in [1.29, 1.82) is 0 Å². The predicted molar refractivity (Wildman–Crippen MR) is 69.6 cm³/mol. The van der Waals surface area contributed by atoms with Gasteiger partial charge in [-0.05, 0) is 42.9 Å². The summed E-state index contributed by atoms with van der Waals surface area (Å²) in [6, 6.07) is 7.89. The number of hydrogen-bond donors (Lipinski definition) is 1. The average Bonchev–Trinajstić information content (AvgIpc) is 2.40. The topological polar surface area (TPSA) is 26.0 Å². The Morgan fingerprint density at radius 1 is 1.12 bits per heavy atom. The lowest BCUT2D eigenvalue weighted by Crippen LogP contribution is -2.13. The van der Waals surface area contributed by atoms with Crippen LogP contribution in [-0.4, -0.2) is 6.54 Å². The number of benzene rings is 1. The van der Waals surface area contributed by atoms with Gasteiger partial charge in [-0.25, -0.2) is 4.39 Å². The first-order valence-electron chi connectivity index (χ1n) is 6.74. The molecule has 0 bridgehead atoms. The lowest BCUT2D eigenvalue weighted by Gasteiger charge is -2.25. The number of rotatable bonds is 4. The molecule has 2 heteroatoms. The maximum absolute atomic E-state index is 14.3. The quantitative estimate of drug-likeness (QED) is 0.844. The molecule has 1 aliphatic rings. The molecule has 1 nitrogen and oxygen atoms in total. The Kier molecular flexibility index (Phi) is 4.55. The SMILES string of the molecule is NCCc1ccc(C(F)C2CCCCC2)cc1. The van der Waals surface area contributed by atoms with Crippen LogP contribution in [0.5, 0.6) is 0 Å². The molecule has 1 atom stereocenters. The number of hydrogen-bond acceptors (Lipinski definition) is 1. The van der Waals surface area contributed by atoms with Gasteiger partial charge in [0.2, 0.25) is 0 Å². The van der Waals surface area contributed by atoms with Crippen molar-refractivity contribution in [3.63, 3.8) is 0 Å². The van der Waals surface area contributed by atoms with E-state index in [0.29, 0.717) is 6.54 Å². The Morgan fingerprint density at radius 2 is 1.76 bits per heavy atom. The summed E-state index contributed by atoms with van der Waals surface area (Å²) in [4.78, 5) is 0. The number of halogens is 1. The van der Waals surface area contributed by atoms with Crippen molar-refractivity contribution < 1.29 is 4.39 Å². The Bertz CT molecular complexity index is 327. The third kappa shape index (κ3) is 3.29. The molecule has 0 heterocycles. The van der Waals surface area contributed by atoms with E-state index in [0.717, 1.165) is 24.8 Å². The Labute approximate surface area is 103 Å². The highest BCUT2D eigenvalue weighted by Crippen LogP contribution is 2.36. The molecule has 0 aromatic heterocycles. The van der Waals surface area contributed by atoms with E-state index in [1.165, 1.54) is 24.8 Å². The highest BCUT2D eigenvalue weighted by Gasteiger charge is 2.24. The van der Waals surface area contributed by atoms with Gasteiger partial charge in [-0.2, -0.15) is 0 Å². The molecule has 1 aliphatic carbocycles. The summed E-state index contributed by atoms with van der Waals surface area (Å²) < 4.78 is 14.3. The van der Waals surface area contributed by atoms with Crippen LogP contribution >= 0.6 is 0 Å². The van der Waals surface area contributed by atoms with E-state index in [9.17, 15) is 4.39 Å². The van der Waals surface area contributed by atoms with Gasteiger partial charge in [0.05, 0.1) is 0 Å². The van der Waals surface area contributed by atoms with Gasteiger partial charge in [0, 0.05) is 0 Å². The van der Waals surface area contributed by atoms with Crippen molar-refractivity contribution in [2.45, 2.75) is 44.7 Å². The van der Waals surface area contributed by atoms with Gasteiger partial charge in [0.1, 0.15) is 6.17 Å². The summed E-state index contributed by atoms with van der Waals surface area (Å²) in [6.07, 6.45) is 5.85. The first kappa shape index (κ1) is 12.6. The van der Waals surface area contributed by atoms with E-state index < -0.39 is 6.17 Å². The van der Waals surface area contributed by atoms with Gasteiger partial charge in [-0.15, -0.1) is 0 Å². The second-order valence-electron chi connectivity index (χ2n) is 5.08. The van der Waals surface area contributed by atoms with Gasteiger partial charge in [0.15, 0.2) is 0 Å². The second-order valence-corrected chi connectivity index (χ2v) is 5.08. The fourth-order valence-electron chi connectivity index (χ4n) is 2.73. The van der Waals surface area contributed by atoms with Gasteiger partial charge in [0.25, 0.3) is 0 Å². The lowest BCUT2D eigenvalue weighted by molar-refractivity contribution is 0.183. The molecule has 1 unspecified atom stereocenters. The zero-order chi connectivity index (χ0) is 12.1. The molecule has 17 heavy (non-hydrogen) atoms. The van der Waals surface area contributed by atoms with Crippen molar-refractivity contribution in [2.75, 3.05) is 6.54 Å².